The lowest BCUT2D eigenvalue weighted by molar-refractivity contribution is -0.139. The number of nitrogens with two attached hydrogens (primary N) is 2. The van der Waals surface area contributed by atoms with Gasteiger partial charge in [0.25, 0.3) is 0 Å². The molecule has 40 heavy (non-hydrogen) atoms. The van der Waals surface area contributed by atoms with Crippen LogP contribution in [0.5, 0.6) is 23.0 Å². The zero-order valence-corrected chi connectivity index (χ0v) is 18.4. The van der Waals surface area contributed by atoms with Crippen molar-refractivity contribution in [3.63, 3.8) is 0 Å². The molecule has 0 aromatic heterocycles. The first-order valence-corrected chi connectivity index (χ1v) is 9.71. The van der Waals surface area contributed by atoms with Crippen LogP contribution in [0.15, 0.2) is 18.2 Å². The summed E-state index contributed by atoms with van der Waals surface area (Å²) < 4.78 is 213. The molecule has 0 atom stereocenters. The van der Waals surface area contributed by atoms with Crippen molar-refractivity contribution < 1.29 is 75.3 Å². The van der Waals surface area contributed by atoms with Crippen molar-refractivity contribution in [1.29, 1.82) is 0 Å². The molecule has 0 spiro atoms. The molecule has 0 amide bonds. The summed E-state index contributed by atoms with van der Waals surface area (Å²) in [5, 5.41) is 0. The van der Waals surface area contributed by atoms with Gasteiger partial charge in [0.1, 0.15) is 5.56 Å². The average Bonchev–Trinajstić information content (AvgIpc) is 2.79. The van der Waals surface area contributed by atoms with Crippen LogP contribution in [-0.2, 0) is 18.5 Å². The molecule has 218 valence electrons. The number of nitrogen functional groups attached to an aromatic ring is 2. The number of rotatable bonds is 4. The van der Waals surface area contributed by atoms with Crippen LogP contribution in [0.4, 0.5) is 77.2 Å². The van der Waals surface area contributed by atoms with Gasteiger partial charge in [-0.2, -0.15) is 43.9 Å². The fraction of sp³-hybridized carbons (Fsp3) is 0.143. The maximum atomic E-state index is 15.1. The standard InChI is InChI=1S/C21H7F15N2O2/c22-7-1-4(19(28,29)30)13(37)10(25)16(7)39-15-6(21(34,35)36)3-9(24)18(12(15)27)40-17-8(23)2-5(20(31,32)33)14(38)11(17)26/h1-3H,37-38H2. The van der Waals surface area contributed by atoms with Crippen LogP contribution in [0, 0.1) is 34.9 Å². The van der Waals surface area contributed by atoms with Crippen molar-refractivity contribution in [3.8, 4) is 23.0 Å². The van der Waals surface area contributed by atoms with Crippen LogP contribution in [0.25, 0.3) is 0 Å². The van der Waals surface area contributed by atoms with Gasteiger partial charge in [0.2, 0.25) is 23.1 Å². The molecule has 4 N–H and O–H groups in total. The second-order valence-corrected chi connectivity index (χ2v) is 7.50. The molecule has 3 aromatic rings. The first-order valence-electron chi connectivity index (χ1n) is 9.71. The maximum absolute atomic E-state index is 15.1. The van der Waals surface area contributed by atoms with Gasteiger partial charge in [-0.1, -0.05) is 0 Å². The molecule has 3 aromatic carbocycles. The summed E-state index contributed by atoms with van der Waals surface area (Å²) in [7, 11) is 0. The Morgan fingerprint density at radius 2 is 0.700 bits per heavy atom. The van der Waals surface area contributed by atoms with Crippen LogP contribution >= 0.6 is 0 Å². The van der Waals surface area contributed by atoms with E-state index in [4.69, 9.17) is 11.5 Å². The molecule has 0 heterocycles. The maximum Gasteiger partial charge on any atom is 0.420 e. The van der Waals surface area contributed by atoms with E-state index >= 15 is 4.39 Å². The van der Waals surface area contributed by atoms with E-state index in [2.05, 4.69) is 9.47 Å². The van der Waals surface area contributed by atoms with Gasteiger partial charge >= 0.3 is 18.5 Å². The highest BCUT2D eigenvalue weighted by molar-refractivity contribution is 5.58. The lowest BCUT2D eigenvalue weighted by atomic mass is 10.1. The first kappa shape index (κ1) is 30.4. The number of ether oxygens (including phenoxy) is 2. The minimum Gasteiger partial charge on any atom is -0.447 e. The Hall–Kier alpha value is -4.19. The van der Waals surface area contributed by atoms with Crippen LogP contribution in [0.1, 0.15) is 16.7 Å². The third kappa shape index (κ3) is 5.44. The lowest BCUT2D eigenvalue weighted by Crippen LogP contribution is -2.15. The second-order valence-electron chi connectivity index (χ2n) is 7.50. The molecular weight excluding hydrogens is 597 g/mol. The molecule has 0 bridgehead atoms. The van der Waals surface area contributed by atoms with E-state index in [1.54, 1.807) is 0 Å². The predicted octanol–water partition coefficient (Wildman–Crippen LogP) is 8.33. The fourth-order valence-electron chi connectivity index (χ4n) is 3.08. The third-order valence-electron chi connectivity index (χ3n) is 4.88. The Bertz CT molecular complexity index is 1490. The number of alkyl halides is 9. The normalized spacial score (nSPS) is 12.6. The van der Waals surface area contributed by atoms with E-state index in [1.165, 1.54) is 0 Å². The highest BCUT2D eigenvalue weighted by Gasteiger charge is 2.42. The van der Waals surface area contributed by atoms with Crippen molar-refractivity contribution in [2.45, 2.75) is 18.5 Å². The van der Waals surface area contributed by atoms with Gasteiger partial charge in [0.15, 0.2) is 34.8 Å². The Balaban J connectivity index is 2.25. The van der Waals surface area contributed by atoms with E-state index in [1.807, 2.05) is 0 Å². The lowest BCUT2D eigenvalue weighted by Gasteiger charge is -2.20. The summed E-state index contributed by atoms with van der Waals surface area (Å²) in [5.74, 6) is -23.6. The fourth-order valence-corrected chi connectivity index (χ4v) is 3.08. The highest BCUT2D eigenvalue weighted by Crippen LogP contribution is 2.48. The Morgan fingerprint density at radius 1 is 0.425 bits per heavy atom. The number of hydrogen-bond donors (Lipinski definition) is 2. The van der Waals surface area contributed by atoms with Gasteiger partial charge in [0, 0.05) is 0 Å². The first-order chi connectivity index (χ1) is 18.1. The second kappa shape index (κ2) is 9.77. The quantitative estimate of drug-likeness (QED) is 0.232. The molecule has 0 aliphatic rings. The summed E-state index contributed by atoms with van der Waals surface area (Å²) in [5.41, 5.74) is -0.782. The van der Waals surface area contributed by atoms with Crippen LogP contribution in [0.3, 0.4) is 0 Å². The number of benzene rings is 3. The van der Waals surface area contributed by atoms with Crippen molar-refractivity contribution >= 4 is 11.4 Å². The van der Waals surface area contributed by atoms with Crippen molar-refractivity contribution in [1.82, 2.24) is 0 Å². The van der Waals surface area contributed by atoms with Crippen LogP contribution < -0.4 is 20.9 Å². The molecule has 0 saturated heterocycles. The molecule has 0 aliphatic carbocycles. The minimum atomic E-state index is -5.82. The van der Waals surface area contributed by atoms with Gasteiger partial charge < -0.3 is 20.9 Å². The highest BCUT2D eigenvalue weighted by atomic mass is 19.4. The van der Waals surface area contributed by atoms with Crippen LogP contribution in [0.2, 0.25) is 0 Å². The molecule has 0 fully saturated rings. The Morgan fingerprint density at radius 3 is 1.02 bits per heavy atom. The Labute approximate surface area is 210 Å². The summed E-state index contributed by atoms with van der Waals surface area (Å²) in [6, 6.07) is -1.70. The van der Waals surface area contributed by atoms with Gasteiger partial charge in [-0.05, 0) is 18.2 Å². The van der Waals surface area contributed by atoms with E-state index in [9.17, 15) is 61.5 Å². The largest absolute Gasteiger partial charge is 0.447 e. The zero-order chi connectivity index (χ0) is 30.7. The number of anilines is 2. The van der Waals surface area contributed by atoms with Gasteiger partial charge in [-0.15, -0.1) is 0 Å². The molecule has 3 rings (SSSR count). The Kier molecular flexibility index (Phi) is 7.42. The average molecular weight is 604 g/mol. The van der Waals surface area contributed by atoms with Crippen molar-refractivity contribution in [2.24, 2.45) is 0 Å². The van der Waals surface area contributed by atoms with E-state index < -0.39 is 123 Å². The number of halogens is 15. The smallest absolute Gasteiger partial charge is 0.420 e. The minimum absolute atomic E-state index is 0.485. The SMILES string of the molecule is Nc1c(C(F)(F)F)cc(F)c(Oc2c(F)cc(C(F)(F)F)c(Oc3c(F)cc(C(F)(F)F)c(N)c3F)c2F)c1F. The molecule has 0 aliphatic heterocycles. The number of hydrogen-bond acceptors (Lipinski definition) is 4. The molecule has 19 heteroatoms. The summed E-state index contributed by atoms with van der Waals surface area (Å²) in [4.78, 5) is 0. The van der Waals surface area contributed by atoms with Crippen LogP contribution in [-0.4, -0.2) is 0 Å². The summed E-state index contributed by atoms with van der Waals surface area (Å²) in [6.45, 7) is 0. The van der Waals surface area contributed by atoms with Crippen molar-refractivity contribution in [3.05, 3.63) is 69.8 Å². The molecule has 0 unspecified atom stereocenters. The monoisotopic (exact) mass is 604 g/mol. The van der Waals surface area contributed by atoms with Gasteiger partial charge in [-0.3, -0.25) is 0 Å². The van der Waals surface area contributed by atoms with E-state index in [0.29, 0.717) is 0 Å². The van der Waals surface area contributed by atoms with Gasteiger partial charge in [0.05, 0.1) is 22.5 Å². The molecular formula is C21H7F15N2O2. The van der Waals surface area contributed by atoms with E-state index in [-0.39, 0.29) is 0 Å². The topological polar surface area (TPSA) is 70.5 Å². The predicted molar refractivity (Wildman–Crippen MR) is 103 cm³/mol. The molecule has 4 nitrogen and oxygen atoms in total. The molecule has 0 saturated carbocycles. The van der Waals surface area contributed by atoms with Crippen molar-refractivity contribution in [2.75, 3.05) is 11.5 Å². The zero-order valence-electron chi connectivity index (χ0n) is 18.4. The summed E-state index contributed by atoms with van der Waals surface area (Å²) in [6.07, 6.45) is -16.8. The third-order valence-corrected chi connectivity index (χ3v) is 4.88. The van der Waals surface area contributed by atoms with E-state index in [0.717, 1.165) is 0 Å². The van der Waals surface area contributed by atoms with Gasteiger partial charge in [-0.25, -0.2) is 22.0 Å². The summed E-state index contributed by atoms with van der Waals surface area (Å²) >= 11 is 0. The molecule has 0 radical (unpaired) electrons.